The van der Waals surface area contributed by atoms with E-state index in [1.165, 1.54) is 16.7 Å². The SMILES string of the molecule is Cc1ccc(C(=O)[C@H](OC(=O)CN2CCSC2=O)c2ccc(C)cc2)cc1. The van der Waals surface area contributed by atoms with Crippen LogP contribution in [0.5, 0.6) is 0 Å². The molecule has 0 aromatic heterocycles. The number of hydrogen-bond donors (Lipinski definition) is 0. The van der Waals surface area contributed by atoms with Crippen LogP contribution in [0.4, 0.5) is 4.79 Å². The second-order valence-electron chi connectivity index (χ2n) is 6.55. The van der Waals surface area contributed by atoms with Crippen molar-refractivity contribution in [2.45, 2.75) is 20.0 Å². The third-order valence-corrected chi connectivity index (χ3v) is 5.26. The van der Waals surface area contributed by atoms with Crippen LogP contribution in [-0.2, 0) is 9.53 Å². The molecule has 1 amide bonds. The maximum absolute atomic E-state index is 13.0. The van der Waals surface area contributed by atoms with Crippen molar-refractivity contribution in [3.8, 4) is 0 Å². The van der Waals surface area contributed by atoms with Crippen molar-refractivity contribution in [1.29, 1.82) is 0 Å². The molecule has 1 atom stereocenters. The molecule has 0 spiro atoms. The van der Waals surface area contributed by atoms with E-state index in [-0.39, 0.29) is 17.6 Å². The molecule has 0 aliphatic carbocycles. The number of esters is 1. The molecular formula is C21H21NO4S. The molecular weight excluding hydrogens is 362 g/mol. The molecule has 0 saturated carbocycles. The fraction of sp³-hybridized carbons (Fsp3) is 0.286. The molecule has 27 heavy (non-hydrogen) atoms. The maximum Gasteiger partial charge on any atom is 0.326 e. The summed E-state index contributed by atoms with van der Waals surface area (Å²) in [6, 6.07) is 14.5. The predicted octanol–water partition coefficient (Wildman–Crippen LogP) is 3.94. The van der Waals surface area contributed by atoms with Gasteiger partial charge in [-0.2, -0.15) is 0 Å². The van der Waals surface area contributed by atoms with Crippen LogP contribution in [0.15, 0.2) is 48.5 Å². The zero-order valence-corrected chi connectivity index (χ0v) is 16.1. The van der Waals surface area contributed by atoms with Gasteiger partial charge in [-0.3, -0.25) is 14.4 Å². The van der Waals surface area contributed by atoms with Crippen LogP contribution in [0.3, 0.4) is 0 Å². The predicted molar refractivity (Wildman–Crippen MR) is 105 cm³/mol. The summed E-state index contributed by atoms with van der Waals surface area (Å²) in [6.45, 7) is 4.26. The molecule has 0 unspecified atom stereocenters. The number of Topliss-reactive ketones (excluding diaryl/α,β-unsaturated/α-hetero) is 1. The quantitative estimate of drug-likeness (QED) is 0.558. The topological polar surface area (TPSA) is 63.7 Å². The molecule has 1 fully saturated rings. The van der Waals surface area contributed by atoms with Crippen molar-refractivity contribution in [3.05, 3.63) is 70.8 Å². The van der Waals surface area contributed by atoms with Gasteiger partial charge in [0.15, 0.2) is 6.10 Å². The van der Waals surface area contributed by atoms with Crippen LogP contribution in [0, 0.1) is 13.8 Å². The minimum absolute atomic E-state index is 0.135. The highest BCUT2D eigenvalue weighted by molar-refractivity contribution is 8.13. The second-order valence-corrected chi connectivity index (χ2v) is 7.59. The van der Waals surface area contributed by atoms with Gasteiger partial charge < -0.3 is 9.64 Å². The van der Waals surface area contributed by atoms with Gasteiger partial charge in [0.25, 0.3) is 5.24 Å². The first-order valence-corrected chi connectivity index (χ1v) is 9.71. The number of nitrogens with zero attached hydrogens (tertiary/aromatic N) is 1. The molecule has 1 aliphatic rings. The Morgan fingerprint density at radius 3 is 2.19 bits per heavy atom. The lowest BCUT2D eigenvalue weighted by molar-refractivity contribution is -0.147. The van der Waals surface area contributed by atoms with E-state index < -0.39 is 12.1 Å². The number of amides is 1. The van der Waals surface area contributed by atoms with Crippen LogP contribution in [0.2, 0.25) is 0 Å². The minimum Gasteiger partial charge on any atom is -0.448 e. The van der Waals surface area contributed by atoms with Crippen molar-refractivity contribution in [2.75, 3.05) is 18.8 Å². The van der Waals surface area contributed by atoms with E-state index in [0.717, 1.165) is 11.1 Å². The molecule has 2 aromatic rings. The molecule has 1 saturated heterocycles. The van der Waals surface area contributed by atoms with Crippen LogP contribution in [0.1, 0.15) is 33.2 Å². The average Bonchev–Trinajstić information content (AvgIpc) is 3.05. The van der Waals surface area contributed by atoms with Crippen molar-refractivity contribution < 1.29 is 19.1 Å². The molecule has 3 rings (SSSR count). The Labute approximate surface area is 162 Å². The zero-order valence-electron chi connectivity index (χ0n) is 15.3. The Morgan fingerprint density at radius 1 is 1.04 bits per heavy atom. The van der Waals surface area contributed by atoms with Gasteiger partial charge in [0.2, 0.25) is 5.78 Å². The van der Waals surface area contributed by atoms with Gasteiger partial charge in [0, 0.05) is 23.4 Å². The van der Waals surface area contributed by atoms with Gasteiger partial charge in [-0.1, -0.05) is 71.4 Å². The average molecular weight is 383 g/mol. The highest BCUT2D eigenvalue weighted by atomic mass is 32.2. The number of hydrogen-bond acceptors (Lipinski definition) is 5. The van der Waals surface area contributed by atoms with E-state index in [9.17, 15) is 14.4 Å². The van der Waals surface area contributed by atoms with Crippen molar-refractivity contribution >= 4 is 28.8 Å². The van der Waals surface area contributed by atoms with E-state index in [2.05, 4.69) is 0 Å². The lowest BCUT2D eigenvalue weighted by Gasteiger charge is -2.20. The summed E-state index contributed by atoms with van der Waals surface area (Å²) in [7, 11) is 0. The van der Waals surface area contributed by atoms with E-state index in [1.54, 1.807) is 24.3 Å². The first-order chi connectivity index (χ1) is 12.9. The van der Waals surface area contributed by atoms with Crippen molar-refractivity contribution in [3.63, 3.8) is 0 Å². The number of aryl methyl sites for hydroxylation is 2. The maximum atomic E-state index is 13.0. The first-order valence-electron chi connectivity index (χ1n) is 8.72. The van der Waals surface area contributed by atoms with Crippen molar-refractivity contribution in [1.82, 2.24) is 4.90 Å². The van der Waals surface area contributed by atoms with Gasteiger partial charge in [-0.05, 0) is 13.8 Å². The summed E-state index contributed by atoms with van der Waals surface area (Å²) in [5.74, 6) is -0.207. The highest BCUT2D eigenvalue weighted by Gasteiger charge is 2.29. The van der Waals surface area contributed by atoms with E-state index >= 15 is 0 Å². The number of ketones is 1. The Balaban J connectivity index is 1.81. The molecule has 0 bridgehead atoms. The van der Waals surface area contributed by atoms with Gasteiger partial charge in [-0.25, -0.2) is 0 Å². The molecule has 140 valence electrons. The zero-order chi connectivity index (χ0) is 19.4. The molecule has 6 heteroatoms. The number of thioether (sulfide) groups is 1. The van der Waals surface area contributed by atoms with Gasteiger partial charge in [0.1, 0.15) is 6.54 Å². The molecule has 5 nitrogen and oxygen atoms in total. The summed E-state index contributed by atoms with van der Waals surface area (Å²) in [4.78, 5) is 38.6. The Bertz CT molecular complexity index is 845. The summed E-state index contributed by atoms with van der Waals surface area (Å²) >= 11 is 1.18. The summed E-state index contributed by atoms with van der Waals surface area (Å²) < 4.78 is 5.54. The van der Waals surface area contributed by atoms with Gasteiger partial charge >= 0.3 is 5.97 Å². The number of carbonyl (C=O) groups excluding carboxylic acids is 3. The minimum atomic E-state index is -1.04. The highest BCUT2D eigenvalue weighted by Crippen LogP contribution is 2.24. The normalized spacial score (nSPS) is 14.9. The fourth-order valence-corrected chi connectivity index (χ4v) is 3.60. The lowest BCUT2D eigenvalue weighted by atomic mass is 9.98. The third-order valence-electron chi connectivity index (χ3n) is 4.37. The van der Waals surface area contributed by atoms with Crippen LogP contribution >= 0.6 is 11.8 Å². The van der Waals surface area contributed by atoms with Crippen LogP contribution in [0.25, 0.3) is 0 Å². The lowest BCUT2D eigenvalue weighted by Crippen LogP contribution is -2.32. The summed E-state index contributed by atoms with van der Waals surface area (Å²) in [6.07, 6.45) is -1.04. The Kier molecular flexibility index (Phi) is 5.96. The summed E-state index contributed by atoms with van der Waals surface area (Å²) in [5.41, 5.74) is 3.18. The Morgan fingerprint density at radius 2 is 1.63 bits per heavy atom. The van der Waals surface area contributed by atoms with E-state index in [1.807, 2.05) is 38.1 Å². The molecule has 0 N–H and O–H groups in total. The number of carbonyl (C=O) groups is 3. The molecule has 0 radical (unpaired) electrons. The fourth-order valence-electron chi connectivity index (χ4n) is 2.78. The van der Waals surface area contributed by atoms with Gasteiger partial charge in [0.05, 0.1) is 0 Å². The van der Waals surface area contributed by atoms with Crippen LogP contribution < -0.4 is 0 Å². The first kappa shape index (κ1) is 19.2. The van der Waals surface area contributed by atoms with Crippen molar-refractivity contribution in [2.24, 2.45) is 0 Å². The number of rotatable bonds is 6. The van der Waals surface area contributed by atoms with E-state index in [0.29, 0.717) is 23.4 Å². The molecule has 2 aromatic carbocycles. The standard InChI is InChI=1S/C21H21NO4S/c1-14-3-7-16(8-4-14)19(24)20(17-9-5-15(2)6-10-17)26-18(23)13-22-11-12-27-21(22)25/h3-10,20H,11-13H2,1-2H3/t20-/m1/s1. The third kappa shape index (κ3) is 4.77. The summed E-state index contributed by atoms with van der Waals surface area (Å²) in [5, 5.41) is -0.135. The number of ether oxygens (including phenoxy) is 1. The largest absolute Gasteiger partial charge is 0.448 e. The second kappa shape index (κ2) is 8.39. The van der Waals surface area contributed by atoms with E-state index in [4.69, 9.17) is 4.74 Å². The van der Waals surface area contributed by atoms with Gasteiger partial charge in [-0.15, -0.1) is 0 Å². The number of benzene rings is 2. The molecule has 1 aliphatic heterocycles. The Hall–Kier alpha value is -2.60. The molecule has 1 heterocycles. The van der Waals surface area contributed by atoms with Crippen LogP contribution in [-0.4, -0.2) is 40.7 Å². The smallest absolute Gasteiger partial charge is 0.326 e. The monoisotopic (exact) mass is 383 g/mol.